The van der Waals surface area contributed by atoms with Crippen molar-refractivity contribution in [1.82, 2.24) is 74.9 Å². The monoisotopic (exact) mass is 1970 g/mol. The van der Waals surface area contributed by atoms with E-state index in [1.807, 2.05) is 88.4 Å². The number of anilines is 3. The number of ether oxygens (including phenoxy) is 8. The maximum absolute atomic E-state index is 13.4. The summed E-state index contributed by atoms with van der Waals surface area (Å²) in [6, 6.07) is 20.4. The lowest BCUT2D eigenvalue weighted by Gasteiger charge is -2.25. The van der Waals surface area contributed by atoms with Gasteiger partial charge in [0.15, 0.2) is 41.5 Å². The Kier molecular flexibility index (Phi) is 56.8. The number of phosphoric acid groups is 1. The minimum atomic E-state index is -4.81. The van der Waals surface area contributed by atoms with Crippen molar-refractivity contribution in [2.24, 2.45) is 11.7 Å². The molecule has 742 valence electrons. The normalized spacial score (nSPS) is 21.4. The van der Waals surface area contributed by atoms with Gasteiger partial charge in [0.25, 0.3) is 0 Å². The van der Waals surface area contributed by atoms with E-state index < -0.39 is 178 Å². The summed E-state index contributed by atoms with van der Waals surface area (Å²) in [5, 5.41) is 70.6. The molecule has 0 bridgehead atoms. The average molecular weight is 1970 g/mol. The summed E-state index contributed by atoms with van der Waals surface area (Å²) in [5.41, 5.74) is 22.6. The zero-order valence-corrected chi connectivity index (χ0v) is 76.9. The number of benzene rings is 2. The number of hydrogen-bond donors (Lipinski definition) is 17. The van der Waals surface area contributed by atoms with Gasteiger partial charge in [-0.3, -0.25) is 36.4 Å². The molecule has 0 aliphatic carbocycles. The fourth-order valence-electron chi connectivity index (χ4n) is 11.7. The smallest absolute Gasteiger partial charge is 0.455 e. The molecule has 4 saturated heterocycles. The van der Waals surface area contributed by atoms with Crippen LogP contribution in [0.25, 0.3) is 22.3 Å². The molecule has 2 aromatic carbocycles. The minimum absolute atomic E-state index is 0. The summed E-state index contributed by atoms with van der Waals surface area (Å²) in [7, 11) is -7.13. The number of phosphoric ester groups is 1. The number of imidazole rings is 2. The molecule has 29 N–H and O–H groups in total. The van der Waals surface area contributed by atoms with Gasteiger partial charge in [0.2, 0.25) is 0 Å². The number of nitrogens with two attached hydrogens (primary N) is 4. The molecule has 17 atom stereocenters. The number of unbranched alkanes of at least 4 members (excludes halogenated alkanes) is 1. The molecule has 1 unspecified atom stereocenters. The van der Waals surface area contributed by atoms with Crippen molar-refractivity contribution in [3.05, 3.63) is 149 Å². The minimum Gasteiger partial charge on any atom is -0.455 e. The number of rotatable bonds is 30. The Labute approximate surface area is 763 Å². The van der Waals surface area contributed by atoms with E-state index in [0.29, 0.717) is 12.8 Å². The van der Waals surface area contributed by atoms with Crippen LogP contribution in [0.1, 0.15) is 123 Å². The summed E-state index contributed by atoms with van der Waals surface area (Å²) >= 11 is 0. The van der Waals surface area contributed by atoms with E-state index in [1.54, 1.807) is 29.9 Å². The van der Waals surface area contributed by atoms with Gasteiger partial charge in [-0.05, 0) is 69.7 Å². The number of carbonyl (C=O) groups excluding carboxylic acids is 5. The Morgan fingerprint density at radius 1 is 0.707 bits per heavy atom. The quantitative estimate of drug-likeness (QED) is 0.00955. The Morgan fingerprint density at radius 3 is 1.74 bits per heavy atom. The molecule has 0 radical (unpaired) electrons. The van der Waals surface area contributed by atoms with Crippen molar-refractivity contribution in [2.45, 2.75) is 198 Å². The lowest BCUT2D eigenvalue weighted by molar-refractivity contribution is -0.159. The Bertz CT molecular complexity index is 4940. The van der Waals surface area contributed by atoms with E-state index in [-0.39, 0.29) is 114 Å². The third-order valence-electron chi connectivity index (χ3n) is 17.8. The van der Waals surface area contributed by atoms with E-state index in [9.17, 15) is 73.1 Å². The highest BCUT2D eigenvalue weighted by Gasteiger charge is 2.50. The van der Waals surface area contributed by atoms with Crippen LogP contribution in [0.3, 0.4) is 0 Å². The van der Waals surface area contributed by atoms with Crippen LogP contribution in [-0.2, 0) is 92.5 Å². The number of amides is 3. The average Bonchev–Trinajstić information content (AvgIpc) is 1.62. The summed E-state index contributed by atoms with van der Waals surface area (Å²) in [5.74, 6) is -0.312. The van der Waals surface area contributed by atoms with Crippen molar-refractivity contribution in [1.29, 1.82) is 5.26 Å². The van der Waals surface area contributed by atoms with Crippen molar-refractivity contribution in [3.8, 4) is 6.57 Å². The molecule has 4 fully saturated rings. The maximum Gasteiger partial charge on any atom is 0.567 e. The van der Waals surface area contributed by atoms with Crippen LogP contribution in [0.15, 0.2) is 126 Å². The lowest BCUT2D eigenvalue weighted by Crippen LogP contribution is -2.47. The fraction of sp³-hybridized carbons (Fsp3) is 0.514. The largest absolute Gasteiger partial charge is 0.567 e. The summed E-state index contributed by atoms with van der Waals surface area (Å²) in [4.78, 5) is 149. The third kappa shape index (κ3) is 39.3. The molecular formula is C74H117N20O35P4+. The number of esters is 1. The highest BCUT2D eigenvalue weighted by atomic mass is 31.2. The fourth-order valence-corrected chi connectivity index (χ4v) is 13.2. The molecule has 4 aliphatic heterocycles. The molecule has 133 heavy (non-hydrogen) atoms. The Balaban J connectivity index is 0.00000178. The number of nitrogens with zero attached hydrogens (tertiary/aromatic N) is 13. The van der Waals surface area contributed by atoms with Crippen LogP contribution >= 0.6 is 33.8 Å². The molecule has 4 aliphatic rings. The molecule has 8 aromatic rings. The van der Waals surface area contributed by atoms with E-state index in [0.717, 1.165) is 40.1 Å². The van der Waals surface area contributed by atoms with Gasteiger partial charge in [-0.25, -0.2) is 78.0 Å². The number of nitrogen functional groups attached to an aromatic ring is 3. The first-order chi connectivity index (χ1) is 61.5. The van der Waals surface area contributed by atoms with Crippen LogP contribution in [0.4, 0.5) is 31.8 Å². The van der Waals surface area contributed by atoms with Crippen molar-refractivity contribution in [3.63, 3.8) is 0 Å². The van der Waals surface area contributed by atoms with Gasteiger partial charge < -0.3 is 134 Å². The predicted molar refractivity (Wildman–Crippen MR) is 469 cm³/mol. The molecule has 3 amide bonds. The predicted octanol–water partition coefficient (Wildman–Crippen LogP) is 0.454. The highest BCUT2D eigenvalue weighted by molar-refractivity contribution is 7.53. The number of aromatic nitrogens is 12. The van der Waals surface area contributed by atoms with Crippen LogP contribution in [-0.4, -0.2) is 268 Å². The van der Waals surface area contributed by atoms with Crippen LogP contribution < -0.4 is 51.1 Å². The van der Waals surface area contributed by atoms with E-state index in [1.165, 1.54) is 65.2 Å². The zero-order valence-electron chi connectivity index (χ0n) is 73.2. The van der Waals surface area contributed by atoms with Crippen LogP contribution in [0.5, 0.6) is 0 Å². The topological polar surface area (TPSA) is 888 Å². The second-order valence-electron chi connectivity index (χ2n) is 27.9. The molecule has 59 heteroatoms. The Hall–Kier alpha value is -10.9. The number of nitriles is 1. The molecule has 0 saturated carbocycles. The summed E-state index contributed by atoms with van der Waals surface area (Å²) in [6.45, 7) is 15.2. The first-order valence-electron chi connectivity index (χ1n) is 39.0. The van der Waals surface area contributed by atoms with Crippen molar-refractivity contribution < 1.29 is 160 Å². The number of aliphatic hydroxyl groups excluding tert-OH is 6. The maximum atomic E-state index is 13.4. The SMILES string of the molecule is C#N.CC.CC(C)(C)OC(=O)N[C@@H](CCCCNC(=O)OCc1ccccc1)C(=O)O[C@H]1[C@@H](O)[C@H](n2cnc3c(N)ncnc32)O[C@@H]1CO.CC[C@H](C)C=O.CO.N.NC(=O)OCc1ccccc1.Nc1ccn([C@H]2C[C@H](O)[C@@H](CO[P+](O)(O)O)O2)c(=O)n1.Nc1ncnc2c1ncn2[C@@H]1O[C@H](COP(=O)(O)O[C@H]2C[C@H](n3cccnc3=O)O[C@@H]2COP=O)[C@@H](O)[C@H]1O.O.O.O.O=P. The van der Waals surface area contributed by atoms with Gasteiger partial charge in [0.1, 0.15) is 138 Å². The second-order valence-corrected chi connectivity index (χ2v) is 31.0. The van der Waals surface area contributed by atoms with Gasteiger partial charge in [-0.1, -0.05) is 88.4 Å². The number of hydrogen-bond acceptors (Lipinski definition) is 44. The van der Waals surface area contributed by atoms with Crippen LogP contribution in [0.2, 0.25) is 0 Å². The van der Waals surface area contributed by atoms with Gasteiger partial charge in [-0.15, -0.1) is 0 Å². The van der Waals surface area contributed by atoms with Crippen molar-refractivity contribution >= 4 is 104 Å². The number of carbonyl (C=O) groups is 5. The molecule has 10 heterocycles. The number of nitrogens with one attached hydrogen (secondary N) is 2. The first-order valence-corrected chi connectivity index (χ1v) is 43.2. The van der Waals surface area contributed by atoms with E-state index in [4.69, 9.17) is 99.3 Å². The molecule has 0 spiro atoms. The van der Waals surface area contributed by atoms with Crippen molar-refractivity contribution in [2.75, 3.05) is 57.3 Å². The first kappa shape index (κ1) is 122. The second kappa shape index (κ2) is 61.8. The molecular weight excluding hydrogens is 1850 g/mol. The van der Waals surface area contributed by atoms with E-state index >= 15 is 0 Å². The number of fused-ring (bicyclic) bond motifs is 2. The van der Waals surface area contributed by atoms with Crippen LogP contribution in [0, 0.1) is 17.8 Å². The third-order valence-corrected chi connectivity index (χ3v) is 19.6. The zero-order chi connectivity index (χ0) is 96.3. The van der Waals surface area contributed by atoms with E-state index in [2.05, 4.69) is 66.3 Å². The summed E-state index contributed by atoms with van der Waals surface area (Å²) < 4.78 is 99.5. The highest BCUT2D eigenvalue weighted by Crippen LogP contribution is 2.50. The number of primary amides is 1. The van der Waals surface area contributed by atoms with Gasteiger partial charge in [0, 0.05) is 57.6 Å². The summed E-state index contributed by atoms with van der Waals surface area (Å²) in [6.07, 6.45) is -6.09. The lowest BCUT2D eigenvalue weighted by atomic mass is 10.1. The number of aldehydes is 1. The Morgan fingerprint density at radius 2 is 1.24 bits per heavy atom. The number of alkyl carbamates (subject to hydrolysis) is 2. The molecule has 55 nitrogen and oxygen atoms in total. The van der Waals surface area contributed by atoms with Gasteiger partial charge in [0.05, 0.1) is 38.6 Å². The molecule has 12 rings (SSSR count). The molecule has 6 aromatic heterocycles. The van der Waals surface area contributed by atoms with Gasteiger partial charge in [-0.2, -0.15) is 24.2 Å². The number of aliphatic hydroxyl groups is 6. The van der Waals surface area contributed by atoms with Gasteiger partial charge >= 0.3 is 60.3 Å². The standard InChI is InChI=1S/C29H39N7O9.C19H23N7O11P2.C9H14N3O7P.C8H9NO2.C5H10O.C2H6.CHN.CH4O.H3N.HOP.3H2O/c1-29(2,3)45-28(41)35-18(11-7-8-12-31-27(40)42-14-17-9-5-4-6-10-17)26(39)44-22-19(13-37)43-25(21(22)38)36-16-34-20-23(30)32-15-33-24(20)36;20-16-13-17(23-7-22-16)26(8-24-13)18-15(28)14(27)11(36-18)6-34-39(31,32)37-9-4-12(35-10(9)5-33-38-30)25-3-1-2-21-19(25)29;10-7-1-2-12(9(14)11-7)8-3-5(13)6(19-8)4-18-20(15,16)17;9-8(10)11-6-7-4-2-1-3-5-7;1-3-5(2)4-6;3*1-2;;1-2;;;/h4-6,9-10,15-16,18-19,21-22,25,37-38H,7-8,11-14H2,1-3H3,(H,31,40)(H,35,41)(H2,30,32,33);1-3,7-12,14-15,18,27-28H,4-6H2,(H,31,32)(H2,20,22,23);1-2,5-6,8,13,15-17H,3-4H2,(H-,10,11,14);1-5H,6H2,(H2,9,10);4-5H,3H2,1-2H3;1-2H3;1H;2H,1H3;1H3;2H;3*1H2/p+1/t18-,19+,21+,22+,25+;9-,10+,11+,12+,14+,15+,18+;5-,6+,8+;;5-;;;;;;;;/m000.0......../s1.